The standard InChI is InChI=1S/C20H17N5O3S/c1-12-8-9-29-19(12)20(27)22-14-4-3-5-15(10-14)28-18-7-6-17-23-16(21-13(2)26)11-25(17)24-18/h3-11H,1-2H3,(H,21,26)(H,22,27). The maximum Gasteiger partial charge on any atom is 0.265 e. The van der Waals surface area contributed by atoms with Crippen LogP contribution in [0.5, 0.6) is 11.6 Å². The Hall–Kier alpha value is -3.72. The molecule has 3 heterocycles. The monoisotopic (exact) mass is 407 g/mol. The third kappa shape index (κ3) is 4.25. The highest BCUT2D eigenvalue weighted by atomic mass is 32.1. The Balaban J connectivity index is 1.50. The van der Waals surface area contributed by atoms with Crippen LogP contribution in [-0.4, -0.2) is 26.4 Å². The van der Waals surface area contributed by atoms with Gasteiger partial charge in [-0.2, -0.15) is 0 Å². The maximum absolute atomic E-state index is 12.4. The summed E-state index contributed by atoms with van der Waals surface area (Å²) in [6, 6.07) is 12.4. The average Bonchev–Trinajstić information content (AvgIpc) is 3.26. The largest absolute Gasteiger partial charge is 0.438 e. The number of carbonyl (C=O) groups excluding carboxylic acids is 2. The highest BCUT2D eigenvalue weighted by Crippen LogP contribution is 2.24. The number of aromatic nitrogens is 3. The molecule has 0 spiro atoms. The number of aryl methyl sites for hydroxylation is 1. The molecule has 9 heteroatoms. The van der Waals surface area contributed by atoms with Crippen LogP contribution in [0.3, 0.4) is 0 Å². The Bertz CT molecular complexity index is 1210. The number of ether oxygens (including phenoxy) is 1. The Morgan fingerprint density at radius 2 is 2.00 bits per heavy atom. The van der Waals surface area contributed by atoms with E-state index in [1.54, 1.807) is 42.6 Å². The molecule has 3 aromatic heterocycles. The van der Waals surface area contributed by atoms with Crippen molar-refractivity contribution < 1.29 is 14.3 Å². The van der Waals surface area contributed by atoms with Gasteiger partial charge in [-0.25, -0.2) is 9.50 Å². The van der Waals surface area contributed by atoms with Gasteiger partial charge in [-0.3, -0.25) is 9.59 Å². The van der Waals surface area contributed by atoms with Gasteiger partial charge in [0.25, 0.3) is 5.91 Å². The van der Waals surface area contributed by atoms with Crippen LogP contribution in [0.15, 0.2) is 54.0 Å². The Labute approximate surface area is 170 Å². The van der Waals surface area contributed by atoms with Crippen LogP contribution in [0, 0.1) is 6.92 Å². The van der Waals surface area contributed by atoms with Crippen LogP contribution in [0.1, 0.15) is 22.2 Å². The quantitative estimate of drug-likeness (QED) is 0.519. The molecule has 0 bridgehead atoms. The van der Waals surface area contributed by atoms with E-state index in [0.717, 1.165) is 5.56 Å². The van der Waals surface area contributed by atoms with Gasteiger partial charge in [0.15, 0.2) is 11.5 Å². The second-order valence-electron chi connectivity index (χ2n) is 6.30. The smallest absolute Gasteiger partial charge is 0.265 e. The van der Waals surface area contributed by atoms with Crippen LogP contribution < -0.4 is 15.4 Å². The van der Waals surface area contributed by atoms with Crippen molar-refractivity contribution in [3.05, 3.63) is 64.5 Å². The average molecular weight is 407 g/mol. The van der Waals surface area contributed by atoms with Crippen molar-refractivity contribution in [2.45, 2.75) is 13.8 Å². The van der Waals surface area contributed by atoms with Crippen molar-refractivity contribution in [2.24, 2.45) is 0 Å². The molecular formula is C20H17N5O3S. The molecule has 146 valence electrons. The number of hydrogen-bond donors (Lipinski definition) is 2. The predicted octanol–water partition coefficient (Wildman–Crippen LogP) is 4.10. The van der Waals surface area contributed by atoms with Gasteiger partial charge >= 0.3 is 0 Å². The molecule has 29 heavy (non-hydrogen) atoms. The molecule has 4 aromatic rings. The molecule has 0 unspecified atom stereocenters. The number of amides is 2. The maximum atomic E-state index is 12.4. The van der Waals surface area contributed by atoms with Gasteiger partial charge in [0.05, 0.1) is 11.1 Å². The zero-order valence-electron chi connectivity index (χ0n) is 15.7. The van der Waals surface area contributed by atoms with E-state index >= 15 is 0 Å². The molecule has 0 aliphatic rings. The van der Waals surface area contributed by atoms with Gasteiger partial charge < -0.3 is 15.4 Å². The number of nitrogens with one attached hydrogen (secondary N) is 2. The summed E-state index contributed by atoms with van der Waals surface area (Å²) < 4.78 is 7.34. The fourth-order valence-electron chi connectivity index (χ4n) is 2.71. The molecule has 2 N–H and O–H groups in total. The minimum Gasteiger partial charge on any atom is -0.438 e. The number of carbonyl (C=O) groups is 2. The zero-order valence-corrected chi connectivity index (χ0v) is 16.5. The number of imidazole rings is 1. The van der Waals surface area contributed by atoms with Gasteiger partial charge in [-0.05, 0) is 42.1 Å². The Kier molecular flexibility index (Phi) is 4.96. The molecule has 0 fully saturated rings. The summed E-state index contributed by atoms with van der Waals surface area (Å²) in [6.07, 6.45) is 1.60. The van der Waals surface area contributed by atoms with Crippen LogP contribution >= 0.6 is 11.3 Å². The lowest BCUT2D eigenvalue weighted by atomic mass is 10.2. The molecule has 8 nitrogen and oxygen atoms in total. The third-order valence-corrected chi connectivity index (χ3v) is 5.00. The van der Waals surface area contributed by atoms with Crippen molar-refractivity contribution in [1.82, 2.24) is 14.6 Å². The van der Waals surface area contributed by atoms with E-state index in [2.05, 4.69) is 20.7 Å². The Morgan fingerprint density at radius 1 is 1.14 bits per heavy atom. The topological polar surface area (TPSA) is 97.6 Å². The van der Waals surface area contributed by atoms with E-state index in [9.17, 15) is 9.59 Å². The first-order chi connectivity index (χ1) is 14.0. The highest BCUT2D eigenvalue weighted by molar-refractivity contribution is 7.12. The van der Waals surface area contributed by atoms with Gasteiger partial charge in [0, 0.05) is 24.7 Å². The lowest BCUT2D eigenvalue weighted by molar-refractivity contribution is -0.114. The van der Waals surface area contributed by atoms with Crippen molar-refractivity contribution in [3.63, 3.8) is 0 Å². The fraction of sp³-hybridized carbons (Fsp3) is 0.100. The minimum atomic E-state index is -0.207. The second-order valence-corrected chi connectivity index (χ2v) is 7.21. The van der Waals surface area contributed by atoms with Crippen LogP contribution in [0.4, 0.5) is 11.5 Å². The van der Waals surface area contributed by atoms with Crippen LogP contribution in [0.25, 0.3) is 5.65 Å². The summed E-state index contributed by atoms with van der Waals surface area (Å²) in [6.45, 7) is 3.32. The molecule has 0 atom stereocenters. The molecule has 0 saturated carbocycles. The SMILES string of the molecule is CC(=O)Nc1cn2nc(Oc3cccc(NC(=O)c4sccc4C)c3)ccc2n1. The summed E-state index contributed by atoms with van der Waals surface area (Å²) in [4.78, 5) is 28.5. The molecule has 0 aliphatic carbocycles. The normalized spacial score (nSPS) is 10.7. The molecule has 1 aromatic carbocycles. The number of nitrogens with zero attached hydrogens (tertiary/aromatic N) is 3. The lowest BCUT2D eigenvalue weighted by Crippen LogP contribution is -2.11. The van der Waals surface area contributed by atoms with Gasteiger partial charge in [-0.15, -0.1) is 16.4 Å². The molecule has 0 saturated heterocycles. The number of thiophene rings is 1. The first-order valence-corrected chi connectivity index (χ1v) is 9.63. The fourth-order valence-corrected chi connectivity index (χ4v) is 3.53. The molecular weight excluding hydrogens is 390 g/mol. The van der Waals surface area contributed by atoms with Crippen molar-refractivity contribution in [1.29, 1.82) is 0 Å². The van der Waals surface area contributed by atoms with E-state index in [1.165, 1.54) is 22.8 Å². The van der Waals surface area contributed by atoms with E-state index < -0.39 is 0 Å². The Morgan fingerprint density at radius 3 is 2.76 bits per heavy atom. The second kappa shape index (κ2) is 7.72. The van der Waals surface area contributed by atoms with Gasteiger partial charge in [0.1, 0.15) is 5.75 Å². The van der Waals surface area contributed by atoms with E-state index in [1.807, 2.05) is 18.4 Å². The first-order valence-electron chi connectivity index (χ1n) is 8.75. The number of benzene rings is 1. The molecule has 0 aliphatic heterocycles. The van der Waals surface area contributed by atoms with Crippen molar-refractivity contribution in [3.8, 4) is 11.6 Å². The number of anilines is 2. The van der Waals surface area contributed by atoms with Crippen LogP contribution in [-0.2, 0) is 4.79 Å². The molecule has 2 amide bonds. The highest BCUT2D eigenvalue weighted by Gasteiger charge is 2.11. The van der Waals surface area contributed by atoms with Crippen molar-refractivity contribution in [2.75, 3.05) is 10.6 Å². The first kappa shape index (κ1) is 18.6. The molecule has 4 rings (SSSR count). The van der Waals surface area contributed by atoms with E-state index in [4.69, 9.17) is 4.74 Å². The van der Waals surface area contributed by atoms with Gasteiger partial charge in [-0.1, -0.05) is 6.07 Å². The lowest BCUT2D eigenvalue weighted by Gasteiger charge is -2.08. The van der Waals surface area contributed by atoms with E-state index in [0.29, 0.717) is 33.7 Å². The summed E-state index contributed by atoms with van der Waals surface area (Å²) in [7, 11) is 0. The van der Waals surface area contributed by atoms with Gasteiger partial charge in [0.2, 0.25) is 11.8 Å². The van der Waals surface area contributed by atoms with Crippen LogP contribution in [0.2, 0.25) is 0 Å². The summed E-state index contributed by atoms with van der Waals surface area (Å²) in [5, 5.41) is 11.7. The predicted molar refractivity (Wildman–Crippen MR) is 111 cm³/mol. The summed E-state index contributed by atoms with van der Waals surface area (Å²) in [5.41, 5.74) is 2.14. The number of rotatable bonds is 5. The van der Waals surface area contributed by atoms with E-state index in [-0.39, 0.29) is 11.8 Å². The third-order valence-electron chi connectivity index (χ3n) is 3.98. The minimum absolute atomic E-state index is 0.155. The number of hydrogen-bond acceptors (Lipinski definition) is 6. The molecule has 0 radical (unpaired) electrons. The zero-order chi connectivity index (χ0) is 20.4. The summed E-state index contributed by atoms with van der Waals surface area (Å²) in [5.74, 6) is 0.928. The number of fused-ring (bicyclic) bond motifs is 1. The van der Waals surface area contributed by atoms with Crippen molar-refractivity contribution >= 4 is 40.3 Å². The summed E-state index contributed by atoms with van der Waals surface area (Å²) >= 11 is 1.40.